The Balaban J connectivity index is 2.33. The Morgan fingerprint density at radius 1 is 1.35 bits per heavy atom. The number of halogens is 1. The van der Waals surface area contributed by atoms with E-state index in [1.807, 2.05) is 29.2 Å². The third-order valence-corrected chi connectivity index (χ3v) is 4.50. The Morgan fingerprint density at radius 2 is 2.05 bits per heavy atom. The lowest BCUT2D eigenvalue weighted by molar-refractivity contribution is -0.117. The summed E-state index contributed by atoms with van der Waals surface area (Å²) in [6, 6.07) is 7.89. The maximum Gasteiger partial charge on any atom is 0.227 e. The Bertz CT molecular complexity index is 568. The number of rotatable bonds is 2. The first-order valence-electron chi connectivity index (χ1n) is 6.89. The molecule has 0 bridgehead atoms. The van der Waals surface area contributed by atoms with Crippen molar-refractivity contribution < 1.29 is 4.79 Å². The highest BCUT2D eigenvalue weighted by molar-refractivity contribution is 6.83. The summed E-state index contributed by atoms with van der Waals surface area (Å²) in [7, 11) is -1.43. The Hall–Kier alpha value is -1.24. The predicted molar refractivity (Wildman–Crippen MR) is 87.8 cm³/mol. The van der Waals surface area contributed by atoms with Crippen LogP contribution in [0.5, 0.6) is 0 Å². The SMILES string of the molecule is C[Si](C)(C)C#Cc1ccccc1N1CC(CCl)CC1=O. The zero-order valence-corrected chi connectivity index (χ0v) is 14.0. The third-order valence-electron chi connectivity index (χ3n) is 3.19. The lowest BCUT2D eigenvalue weighted by Crippen LogP contribution is -2.25. The molecule has 1 aromatic rings. The van der Waals surface area contributed by atoms with Gasteiger partial charge in [0.25, 0.3) is 0 Å². The van der Waals surface area contributed by atoms with Crippen molar-refractivity contribution in [3.05, 3.63) is 29.8 Å². The second-order valence-electron chi connectivity index (χ2n) is 6.25. The van der Waals surface area contributed by atoms with Gasteiger partial charge < -0.3 is 4.90 Å². The van der Waals surface area contributed by atoms with Crippen molar-refractivity contribution in [3.63, 3.8) is 0 Å². The molecule has 0 spiro atoms. The average Bonchev–Trinajstić information content (AvgIpc) is 2.77. The van der Waals surface area contributed by atoms with Gasteiger partial charge in [-0.3, -0.25) is 4.79 Å². The number of carbonyl (C=O) groups is 1. The molecule has 4 heteroatoms. The van der Waals surface area contributed by atoms with Gasteiger partial charge in [0.15, 0.2) is 0 Å². The molecule has 0 saturated carbocycles. The van der Waals surface area contributed by atoms with Crippen LogP contribution in [0.3, 0.4) is 0 Å². The number of amides is 1. The summed E-state index contributed by atoms with van der Waals surface area (Å²) in [5, 5.41) is 0. The van der Waals surface area contributed by atoms with Crippen LogP contribution in [-0.2, 0) is 4.79 Å². The number of carbonyl (C=O) groups excluding carboxylic acids is 1. The monoisotopic (exact) mass is 305 g/mol. The molecule has 2 rings (SSSR count). The van der Waals surface area contributed by atoms with Crippen molar-refractivity contribution >= 4 is 31.3 Å². The van der Waals surface area contributed by atoms with Gasteiger partial charge in [0.05, 0.1) is 5.69 Å². The second-order valence-corrected chi connectivity index (χ2v) is 11.3. The molecule has 1 saturated heterocycles. The summed E-state index contributed by atoms with van der Waals surface area (Å²) in [6.45, 7) is 7.35. The summed E-state index contributed by atoms with van der Waals surface area (Å²) in [4.78, 5) is 14.0. The van der Waals surface area contributed by atoms with E-state index in [-0.39, 0.29) is 11.8 Å². The Kier molecular flexibility index (Phi) is 4.57. The van der Waals surface area contributed by atoms with Gasteiger partial charge in [0, 0.05) is 24.4 Å². The first-order chi connectivity index (χ1) is 9.40. The lowest BCUT2D eigenvalue weighted by Gasteiger charge is -2.18. The molecule has 1 unspecified atom stereocenters. The average molecular weight is 306 g/mol. The van der Waals surface area contributed by atoms with E-state index in [0.717, 1.165) is 11.3 Å². The Labute approximate surface area is 127 Å². The summed E-state index contributed by atoms with van der Waals surface area (Å²) in [5.41, 5.74) is 5.24. The van der Waals surface area contributed by atoms with Crippen molar-refractivity contribution in [2.24, 2.45) is 5.92 Å². The van der Waals surface area contributed by atoms with Crippen molar-refractivity contribution in [2.45, 2.75) is 26.1 Å². The molecule has 1 aromatic carbocycles. The van der Waals surface area contributed by atoms with Crippen molar-refractivity contribution in [3.8, 4) is 11.5 Å². The summed E-state index contributed by atoms with van der Waals surface area (Å²) in [5.74, 6) is 4.20. The first kappa shape index (κ1) is 15.2. The van der Waals surface area contributed by atoms with E-state index in [2.05, 4.69) is 31.1 Å². The lowest BCUT2D eigenvalue weighted by atomic mass is 10.1. The maximum absolute atomic E-state index is 12.1. The van der Waals surface area contributed by atoms with Crippen LogP contribution in [0.2, 0.25) is 19.6 Å². The highest BCUT2D eigenvalue weighted by Crippen LogP contribution is 2.28. The van der Waals surface area contributed by atoms with Gasteiger partial charge in [-0.15, -0.1) is 17.1 Å². The fraction of sp³-hybridized carbons (Fsp3) is 0.438. The molecule has 1 heterocycles. The van der Waals surface area contributed by atoms with Crippen LogP contribution >= 0.6 is 11.6 Å². The van der Waals surface area contributed by atoms with Gasteiger partial charge in [0.1, 0.15) is 8.07 Å². The van der Waals surface area contributed by atoms with Gasteiger partial charge in [-0.05, 0) is 18.1 Å². The molecule has 1 aliphatic rings. The fourth-order valence-electron chi connectivity index (χ4n) is 2.19. The van der Waals surface area contributed by atoms with E-state index in [0.29, 0.717) is 18.8 Å². The van der Waals surface area contributed by atoms with Crippen LogP contribution in [0.15, 0.2) is 24.3 Å². The van der Waals surface area contributed by atoms with Crippen LogP contribution in [0.25, 0.3) is 0 Å². The van der Waals surface area contributed by atoms with Gasteiger partial charge in [0.2, 0.25) is 5.91 Å². The topological polar surface area (TPSA) is 20.3 Å². The highest BCUT2D eigenvalue weighted by Gasteiger charge is 2.30. The molecule has 1 fully saturated rings. The van der Waals surface area contributed by atoms with E-state index in [9.17, 15) is 4.79 Å². The van der Waals surface area contributed by atoms with Crippen LogP contribution in [-0.4, -0.2) is 26.4 Å². The van der Waals surface area contributed by atoms with Crippen molar-refractivity contribution in [1.29, 1.82) is 0 Å². The maximum atomic E-state index is 12.1. The number of nitrogens with zero attached hydrogens (tertiary/aromatic N) is 1. The number of para-hydroxylation sites is 1. The fourth-order valence-corrected chi connectivity index (χ4v) is 2.90. The molecule has 1 amide bonds. The van der Waals surface area contributed by atoms with E-state index < -0.39 is 8.07 Å². The second kappa shape index (κ2) is 6.03. The van der Waals surface area contributed by atoms with Gasteiger partial charge in [-0.25, -0.2) is 0 Å². The van der Waals surface area contributed by atoms with Crippen LogP contribution in [0.1, 0.15) is 12.0 Å². The number of alkyl halides is 1. The number of benzene rings is 1. The molecular weight excluding hydrogens is 286 g/mol. The highest BCUT2D eigenvalue weighted by atomic mass is 35.5. The van der Waals surface area contributed by atoms with Crippen molar-refractivity contribution in [1.82, 2.24) is 0 Å². The molecule has 0 aliphatic carbocycles. The normalized spacial score (nSPS) is 18.9. The molecule has 2 nitrogen and oxygen atoms in total. The molecule has 0 N–H and O–H groups in total. The Morgan fingerprint density at radius 3 is 2.65 bits per heavy atom. The first-order valence-corrected chi connectivity index (χ1v) is 10.9. The molecule has 1 atom stereocenters. The number of anilines is 1. The third kappa shape index (κ3) is 3.65. The van der Waals surface area contributed by atoms with Crippen LogP contribution < -0.4 is 4.90 Å². The van der Waals surface area contributed by atoms with E-state index in [4.69, 9.17) is 11.6 Å². The quantitative estimate of drug-likeness (QED) is 0.465. The van der Waals surface area contributed by atoms with Gasteiger partial charge >= 0.3 is 0 Å². The van der Waals surface area contributed by atoms with E-state index in [1.165, 1.54) is 0 Å². The number of hydrogen-bond donors (Lipinski definition) is 0. The minimum Gasteiger partial charge on any atom is -0.311 e. The van der Waals surface area contributed by atoms with E-state index >= 15 is 0 Å². The molecular formula is C16H20ClNOSi. The predicted octanol–water partition coefficient (Wildman–Crippen LogP) is 3.51. The van der Waals surface area contributed by atoms with Crippen molar-refractivity contribution in [2.75, 3.05) is 17.3 Å². The van der Waals surface area contributed by atoms with Gasteiger partial charge in [-0.2, -0.15) is 0 Å². The summed E-state index contributed by atoms with van der Waals surface area (Å²) in [6.07, 6.45) is 0.541. The van der Waals surface area contributed by atoms with E-state index in [1.54, 1.807) is 0 Å². The zero-order valence-electron chi connectivity index (χ0n) is 12.2. The summed E-state index contributed by atoms with van der Waals surface area (Å²) < 4.78 is 0. The zero-order chi connectivity index (χ0) is 14.8. The summed E-state index contributed by atoms with van der Waals surface area (Å²) >= 11 is 5.89. The van der Waals surface area contributed by atoms with Gasteiger partial charge in [-0.1, -0.05) is 37.7 Å². The molecule has 20 heavy (non-hydrogen) atoms. The van der Waals surface area contributed by atoms with Crippen LogP contribution in [0, 0.1) is 17.4 Å². The largest absolute Gasteiger partial charge is 0.311 e. The standard InChI is InChI=1S/C16H20ClNOSi/c1-20(2,3)9-8-14-6-4-5-7-15(14)18-12-13(11-17)10-16(18)19/h4-7,13H,10-12H2,1-3H3. The van der Waals surface area contributed by atoms with Crippen LogP contribution in [0.4, 0.5) is 5.69 Å². The smallest absolute Gasteiger partial charge is 0.227 e. The number of hydrogen-bond acceptors (Lipinski definition) is 1. The molecule has 0 aromatic heterocycles. The molecule has 1 aliphatic heterocycles. The minimum absolute atomic E-state index is 0.151. The molecule has 106 valence electrons. The molecule has 0 radical (unpaired) electrons. The minimum atomic E-state index is -1.43.